The number of carbonyl (C=O) groups excluding carboxylic acids is 5. The van der Waals surface area contributed by atoms with E-state index in [-0.39, 0.29) is 18.7 Å². The molecule has 13 heteroatoms. The van der Waals surface area contributed by atoms with Crippen molar-refractivity contribution in [2.24, 2.45) is 0 Å². The highest BCUT2D eigenvalue weighted by atomic mass is 32.2. The molecule has 198 valence electrons. The molecule has 0 spiro atoms. The lowest BCUT2D eigenvalue weighted by atomic mass is 10.0. The molecule has 0 bridgehead atoms. The third-order valence-corrected chi connectivity index (χ3v) is 5.71. The summed E-state index contributed by atoms with van der Waals surface area (Å²) in [7, 11) is 0. The molecule has 5 amide bonds. The van der Waals surface area contributed by atoms with Gasteiger partial charge in [0.2, 0.25) is 29.5 Å². The molecule has 0 aliphatic heterocycles. The monoisotopic (exact) mass is 523 g/mol. The van der Waals surface area contributed by atoms with E-state index in [1.54, 1.807) is 30.3 Å². The van der Waals surface area contributed by atoms with E-state index in [1.807, 2.05) is 6.92 Å². The molecule has 0 fully saturated rings. The molecular formula is C23H33N5O7S. The van der Waals surface area contributed by atoms with Crippen LogP contribution in [0.4, 0.5) is 0 Å². The summed E-state index contributed by atoms with van der Waals surface area (Å²) in [6, 6.07) is 5.63. The van der Waals surface area contributed by atoms with E-state index in [2.05, 4.69) is 26.6 Å². The minimum Gasteiger partial charge on any atom is -0.480 e. The van der Waals surface area contributed by atoms with Gasteiger partial charge in [0.25, 0.3) is 0 Å². The van der Waals surface area contributed by atoms with Crippen LogP contribution in [0.15, 0.2) is 30.3 Å². The fourth-order valence-electron chi connectivity index (χ4n) is 2.82. The highest BCUT2D eigenvalue weighted by Gasteiger charge is 2.28. The molecule has 1 aromatic carbocycles. The fraction of sp³-hybridized carbons (Fsp3) is 0.478. The fourth-order valence-corrected chi connectivity index (χ4v) is 3.52. The molecule has 12 nitrogen and oxygen atoms in total. The predicted molar refractivity (Wildman–Crippen MR) is 134 cm³/mol. The van der Waals surface area contributed by atoms with Crippen molar-refractivity contribution in [3.8, 4) is 0 Å². The lowest BCUT2D eigenvalue weighted by Crippen LogP contribution is -2.57. The van der Waals surface area contributed by atoms with E-state index in [0.29, 0.717) is 5.75 Å². The van der Waals surface area contributed by atoms with E-state index in [1.165, 1.54) is 25.6 Å². The van der Waals surface area contributed by atoms with Gasteiger partial charge in [-0.2, -0.15) is 11.8 Å². The normalized spacial score (nSPS) is 12.9. The van der Waals surface area contributed by atoms with Crippen LogP contribution < -0.4 is 26.6 Å². The summed E-state index contributed by atoms with van der Waals surface area (Å²) in [4.78, 5) is 72.0. The number of carbonyl (C=O) groups is 6. The third kappa shape index (κ3) is 12.2. The first kappa shape index (κ1) is 30.4. The van der Waals surface area contributed by atoms with Crippen molar-refractivity contribution in [2.75, 3.05) is 24.6 Å². The second kappa shape index (κ2) is 16.1. The van der Waals surface area contributed by atoms with Gasteiger partial charge < -0.3 is 31.7 Å². The first-order valence-corrected chi connectivity index (χ1v) is 12.4. The maximum Gasteiger partial charge on any atom is 0.325 e. The summed E-state index contributed by atoms with van der Waals surface area (Å²) in [5, 5.41) is 21.2. The SMILES string of the molecule is CCSC[C@H](NC(=O)[C@H](Cc1ccccc1)NC(=O)CNC(=O)CNC(C)=O)C(=O)N[C@@H](C)C(=O)O. The molecule has 0 aliphatic carbocycles. The molecule has 6 N–H and O–H groups in total. The average Bonchev–Trinajstić information content (AvgIpc) is 2.83. The molecule has 1 rings (SSSR count). The largest absolute Gasteiger partial charge is 0.480 e. The Morgan fingerprint density at radius 3 is 2.06 bits per heavy atom. The molecule has 0 saturated carbocycles. The lowest BCUT2D eigenvalue weighted by Gasteiger charge is -2.24. The Morgan fingerprint density at radius 1 is 0.861 bits per heavy atom. The Balaban J connectivity index is 2.92. The molecule has 0 aliphatic rings. The van der Waals surface area contributed by atoms with Crippen LogP contribution in [0.1, 0.15) is 26.3 Å². The van der Waals surface area contributed by atoms with Crippen molar-refractivity contribution in [3.05, 3.63) is 35.9 Å². The second-order valence-electron chi connectivity index (χ2n) is 7.79. The maximum atomic E-state index is 13.1. The summed E-state index contributed by atoms with van der Waals surface area (Å²) < 4.78 is 0. The summed E-state index contributed by atoms with van der Waals surface area (Å²) in [6.07, 6.45) is 0.110. The van der Waals surface area contributed by atoms with Crippen molar-refractivity contribution in [3.63, 3.8) is 0 Å². The van der Waals surface area contributed by atoms with Crippen molar-refractivity contribution in [1.29, 1.82) is 0 Å². The number of hydrogen-bond acceptors (Lipinski definition) is 7. The number of carboxylic acids is 1. The zero-order chi connectivity index (χ0) is 27.1. The maximum absolute atomic E-state index is 13.1. The number of nitrogens with one attached hydrogen (secondary N) is 5. The Labute approximate surface area is 213 Å². The summed E-state index contributed by atoms with van der Waals surface area (Å²) in [6.45, 7) is 3.71. The van der Waals surface area contributed by atoms with Crippen LogP contribution in [0.3, 0.4) is 0 Å². The van der Waals surface area contributed by atoms with E-state index in [4.69, 9.17) is 5.11 Å². The number of hydrogen-bond donors (Lipinski definition) is 6. The summed E-state index contributed by atoms with van der Waals surface area (Å²) in [5.41, 5.74) is 0.746. The first-order chi connectivity index (χ1) is 17.0. The number of thioether (sulfide) groups is 1. The number of aliphatic carboxylic acids is 1. The zero-order valence-electron chi connectivity index (χ0n) is 20.5. The van der Waals surface area contributed by atoms with E-state index < -0.39 is 60.2 Å². The Kier molecular flexibility index (Phi) is 13.6. The molecule has 0 radical (unpaired) electrons. The van der Waals surface area contributed by atoms with Gasteiger partial charge in [-0.15, -0.1) is 0 Å². The van der Waals surface area contributed by atoms with Crippen molar-refractivity contribution < 1.29 is 33.9 Å². The standard InChI is InChI=1S/C23H33N5O7S/c1-4-36-13-18(22(33)26-14(2)23(34)35)28-21(32)17(10-16-8-6-5-7-9-16)27-20(31)12-25-19(30)11-24-15(3)29/h5-9,14,17-18H,4,10-13H2,1-3H3,(H,24,29)(H,25,30)(H,26,33)(H,27,31)(H,28,32)(H,34,35)/t14-,17-,18-/m0/s1. The number of benzene rings is 1. The van der Waals surface area contributed by atoms with Gasteiger partial charge in [-0.3, -0.25) is 28.8 Å². The highest BCUT2D eigenvalue weighted by molar-refractivity contribution is 7.99. The number of rotatable bonds is 15. The lowest BCUT2D eigenvalue weighted by molar-refractivity contribution is -0.141. The van der Waals surface area contributed by atoms with Gasteiger partial charge in [-0.05, 0) is 18.2 Å². The van der Waals surface area contributed by atoms with Gasteiger partial charge in [0.05, 0.1) is 13.1 Å². The van der Waals surface area contributed by atoms with Crippen LogP contribution in [-0.4, -0.2) is 83.3 Å². The minimum absolute atomic E-state index is 0.110. The van der Waals surface area contributed by atoms with Gasteiger partial charge in [0.1, 0.15) is 18.1 Å². The molecule has 0 unspecified atom stereocenters. The summed E-state index contributed by atoms with van der Waals surface area (Å²) in [5.74, 6) is -3.28. The highest BCUT2D eigenvalue weighted by Crippen LogP contribution is 2.07. The van der Waals surface area contributed by atoms with Gasteiger partial charge in [-0.1, -0.05) is 37.3 Å². The second-order valence-corrected chi connectivity index (χ2v) is 9.10. The Bertz CT molecular complexity index is 929. The van der Waals surface area contributed by atoms with Crippen LogP contribution in [0, 0.1) is 0 Å². The van der Waals surface area contributed by atoms with Crippen LogP contribution in [-0.2, 0) is 35.2 Å². The van der Waals surface area contributed by atoms with Gasteiger partial charge in [0, 0.05) is 19.1 Å². The summed E-state index contributed by atoms with van der Waals surface area (Å²) >= 11 is 1.38. The van der Waals surface area contributed by atoms with Crippen molar-refractivity contribution in [2.45, 2.75) is 45.3 Å². The van der Waals surface area contributed by atoms with E-state index in [9.17, 15) is 28.8 Å². The van der Waals surface area contributed by atoms with Gasteiger partial charge >= 0.3 is 5.97 Å². The molecule has 1 aromatic rings. The zero-order valence-corrected chi connectivity index (χ0v) is 21.3. The van der Waals surface area contributed by atoms with Crippen molar-refractivity contribution >= 4 is 47.3 Å². The molecular weight excluding hydrogens is 490 g/mol. The molecule has 3 atom stereocenters. The predicted octanol–water partition coefficient (Wildman–Crippen LogP) is -1.21. The van der Waals surface area contributed by atoms with Crippen LogP contribution in [0.5, 0.6) is 0 Å². The molecule has 36 heavy (non-hydrogen) atoms. The number of carboxylic acid groups (broad SMARTS) is 1. The molecule has 0 heterocycles. The molecule has 0 aromatic heterocycles. The van der Waals surface area contributed by atoms with E-state index in [0.717, 1.165) is 5.56 Å². The van der Waals surface area contributed by atoms with E-state index >= 15 is 0 Å². The smallest absolute Gasteiger partial charge is 0.325 e. The van der Waals surface area contributed by atoms with Gasteiger partial charge in [0.15, 0.2) is 0 Å². The molecule has 0 saturated heterocycles. The van der Waals surface area contributed by atoms with Crippen LogP contribution in [0.25, 0.3) is 0 Å². The first-order valence-electron chi connectivity index (χ1n) is 11.3. The quantitative estimate of drug-likeness (QED) is 0.166. The third-order valence-electron chi connectivity index (χ3n) is 4.73. The minimum atomic E-state index is -1.22. The Hall–Kier alpha value is -3.61. The topological polar surface area (TPSA) is 183 Å². The average molecular weight is 524 g/mol. The Morgan fingerprint density at radius 2 is 1.47 bits per heavy atom. The van der Waals surface area contributed by atoms with Crippen LogP contribution >= 0.6 is 11.8 Å². The van der Waals surface area contributed by atoms with Crippen molar-refractivity contribution in [1.82, 2.24) is 26.6 Å². The van der Waals surface area contributed by atoms with Gasteiger partial charge in [-0.25, -0.2) is 0 Å². The van der Waals surface area contributed by atoms with Crippen LogP contribution in [0.2, 0.25) is 0 Å². The number of amides is 5.